The number of anilines is 3. The molecule has 1 saturated heterocycles. The molecule has 1 aliphatic rings. The number of nitrogens with one attached hydrogen (secondary N) is 2. The van der Waals surface area contributed by atoms with E-state index in [1.54, 1.807) is 0 Å². The van der Waals surface area contributed by atoms with Crippen molar-refractivity contribution < 1.29 is 36.3 Å². The number of hydrogen-bond acceptors (Lipinski definition) is 7. The summed E-state index contributed by atoms with van der Waals surface area (Å²) in [5, 5.41) is 9.09. The van der Waals surface area contributed by atoms with Gasteiger partial charge in [-0.3, -0.25) is 19.0 Å². The van der Waals surface area contributed by atoms with Crippen molar-refractivity contribution in [2.45, 2.75) is 11.3 Å². The highest BCUT2D eigenvalue weighted by Crippen LogP contribution is 2.30. The van der Waals surface area contributed by atoms with E-state index in [1.165, 1.54) is 54.5 Å². The molecule has 0 saturated carbocycles. The lowest BCUT2D eigenvalue weighted by atomic mass is 10.1. The van der Waals surface area contributed by atoms with Gasteiger partial charge < -0.3 is 14.7 Å². The first-order valence-corrected chi connectivity index (χ1v) is 12.6. The van der Waals surface area contributed by atoms with E-state index in [9.17, 15) is 26.4 Å². The number of sulfonamides is 2. The molecule has 1 fully saturated rings. The van der Waals surface area contributed by atoms with Gasteiger partial charge in [-0.05, 0) is 36.4 Å². The summed E-state index contributed by atoms with van der Waals surface area (Å²) in [6.45, 7) is 0.0200. The van der Waals surface area contributed by atoms with Crippen LogP contribution in [-0.4, -0.2) is 53.7 Å². The van der Waals surface area contributed by atoms with Crippen molar-refractivity contribution >= 4 is 49.0 Å². The zero-order valence-corrected chi connectivity index (χ0v) is 18.7. The highest BCUT2D eigenvalue weighted by molar-refractivity contribution is 7.92. The summed E-state index contributed by atoms with van der Waals surface area (Å²) in [4.78, 5) is 24.4. The highest BCUT2D eigenvalue weighted by Gasteiger charge is 2.35. The van der Waals surface area contributed by atoms with Gasteiger partial charge in [0.05, 0.1) is 35.6 Å². The molecule has 172 valence electrons. The van der Waals surface area contributed by atoms with E-state index >= 15 is 0 Å². The van der Waals surface area contributed by atoms with Crippen LogP contribution in [0.4, 0.5) is 17.1 Å². The first-order chi connectivity index (χ1) is 14.9. The average molecular weight is 484 g/mol. The van der Waals surface area contributed by atoms with Crippen LogP contribution in [-0.2, 0) is 29.6 Å². The number of hydrogen-bond donors (Lipinski definition) is 3. The minimum atomic E-state index is -4.01. The summed E-state index contributed by atoms with van der Waals surface area (Å²) in [5.41, 5.74) is 0.691. The molecule has 1 atom stereocenters. The fraction of sp³-hybridized carbons (Fsp3) is 0.263. The topological polar surface area (TPSA) is 159 Å². The second-order valence-corrected chi connectivity index (χ2v) is 10.6. The molecule has 2 aromatic carbocycles. The number of amides is 1. The van der Waals surface area contributed by atoms with Gasteiger partial charge in [0.15, 0.2) is 0 Å². The quantitative estimate of drug-likeness (QED) is 0.507. The largest absolute Gasteiger partial charge is 0.494 e. The minimum Gasteiger partial charge on any atom is -0.494 e. The van der Waals surface area contributed by atoms with Gasteiger partial charge in [0.25, 0.3) is 10.0 Å². The summed E-state index contributed by atoms with van der Waals surface area (Å²) in [5.74, 6) is -2.09. The lowest BCUT2D eigenvalue weighted by Gasteiger charge is -2.17. The SMILES string of the molecule is COc1cc(NS(=O)(=O)c2ccc(N3CC(C(=O)O)CC3=O)cc2)ccc1NS(C)(=O)=O. The molecule has 3 N–H and O–H groups in total. The fourth-order valence-electron chi connectivity index (χ4n) is 3.18. The summed E-state index contributed by atoms with van der Waals surface area (Å²) < 4.78 is 58.1. The fourth-order valence-corrected chi connectivity index (χ4v) is 4.80. The molecule has 1 heterocycles. The van der Waals surface area contributed by atoms with Gasteiger partial charge in [-0.2, -0.15) is 0 Å². The van der Waals surface area contributed by atoms with Crippen molar-refractivity contribution in [1.82, 2.24) is 0 Å². The van der Waals surface area contributed by atoms with Gasteiger partial charge in [-0.15, -0.1) is 0 Å². The Morgan fingerprint density at radius 1 is 1.09 bits per heavy atom. The van der Waals surface area contributed by atoms with Gasteiger partial charge in [0.1, 0.15) is 5.75 Å². The maximum atomic E-state index is 12.7. The third-order valence-corrected chi connectivity index (χ3v) is 6.67. The predicted molar refractivity (Wildman–Crippen MR) is 117 cm³/mol. The molecular formula is C19H21N3O8S2. The molecule has 0 aromatic heterocycles. The van der Waals surface area contributed by atoms with Crippen LogP contribution in [0.15, 0.2) is 47.4 Å². The van der Waals surface area contributed by atoms with Crippen LogP contribution in [0.5, 0.6) is 5.75 Å². The number of methoxy groups -OCH3 is 1. The molecule has 11 nitrogen and oxygen atoms in total. The summed E-state index contributed by atoms with van der Waals surface area (Å²) in [6.07, 6.45) is 0.868. The molecular weight excluding hydrogens is 462 g/mol. The van der Waals surface area contributed by atoms with Crippen molar-refractivity contribution in [3.8, 4) is 5.75 Å². The van der Waals surface area contributed by atoms with Crippen LogP contribution in [0.25, 0.3) is 0 Å². The Morgan fingerprint density at radius 2 is 1.75 bits per heavy atom. The zero-order valence-electron chi connectivity index (χ0n) is 17.1. The molecule has 2 aromatic rings. The number of carboxylic acids is 1. The molecule has 0 bridgehead atoms. The lowest BCUT2D eigenvalue weighted by molar-refractivity contribution is -0.141. The van der Waals surface area contributed by atoms with Crippen molar-refractivity contribution in [2.24, 2.45) is 5.92 Å². The van der Waals surface area contributed by atoms with E-state index in [0.29, 0.717) is 5.69 Å². The van der Waals surface area contributed by atoms with Crippen molar-refractivity contribution in [3.05, 3.63) is 42.5 Å². The van der Waals surface area contributed by atoms with E-state index in [0.717, 1.165) is 6.26 Å². The first-order valence-electron chi connectivity index (χ1n) is 9.21. The van der Waals surface area contributed by atoms with E-state index in [1.807, 2.05) is 0 Å². The Balaban J connectivity index is 1.79. The average Bonchev–Trinajstić information content (AvgIpc) is 3.10. The number of aliphatic carboxylic acids is 1. The van der Waals surface area contributed by atoms with Crippen molar-refractivity contribution in [2.75, 3.05) is 34.3 Å². The van der Waals surface area contributed by atoms with Gasteiger partial charge in [0.2, 0.25) is 15.9 Å². The molecule has 1 amide bonds. The molecule has 1 unspecified atom stereocenters. The molecule has 0 radical (unpaired) electrons. The normalized spacial score (nSPS) is 16.6. The standard InChI is InChI=1S/C19H21N3O8S2/c1-30-17-10-13(3-8-16(17)21-31(2,26)27)20-32(28,29)15-6-4-14(5-7-15)22-11-12(19(24)25)9-18(22)23/h3-8,10,12,20-21H,9,11H2,1-2H3,(H,24,25). The van der Waals surface area contributed by atoms with Crippen LogP contribution >= 0.6 is 0 Å². The number of nitrogens with zero attached hydrogens (tertiary/aromatic N) is 1. The number of ether oxygens (including phenoxy) is 1. The number of carbonyl (C=O) groups is 2. The van der Waals surface area contributed by atoms with E-state index in [-0.39, 0.29) is 40.9 Å². The van der Waals surface area contributed by atoms with Crippen molar-refractivity contribution in [1.29, 1.82) is 0 Å². The van der Waals surface area contributed by atoms with Gasteiger partial charge >= 0.3 is 5.97 Å². The Labute approximate surface area is 185 Å². The van der Waals surface area contributed by atoms with E-state index in [2.05, 4.69) is 9.44 Å². The third kappa shape index (κ3) is 5.29. The van der Waals surface area contributed by atoms with Gasteiger partial charge in [0, 0.05) is 24.7 Å². The summed E-state index contributed by atoms with van der Waals surface area (Å²) in [6, 6.07) is 9.52. The maximum Gasteiger partial charge on any atom is 0.308 e. The lowest BCUT2D eigenvalue weighted by Crippen LogP contribution is -2.25. The third-order valence-electron chi connectivity index (χ3n) is 4.68. The Kier molecular flexibility index (Phi) is 6.32. The Bertz CT molecular complexity index is 1260. The number of carboxylic acid groups (broad SMARTS) is 1. The number of benzene rings is 2. The zero-order chi connectivity index (χ0) is 23.7. The van der Waals surface area contributed by atoms with Gasteiger partial charge in [-0.25, -0.2) is 16.8 Å². The summed E-state index contributed by atoms with van der Waals surface area (Å²) >= 11 is 0. The highest BCUT2D eigenvalue weighted by atomic mass is 32.2. The number of carbonyl (C=O) groups excluding carboxylic acids is 1. The van der Waals surface area contributed by atoms with Crippen LogP contribution in [0, 0.1) is 5.92 Å². The molecule has 0 spiro atoms. The van der Waals surface area contributed by atoms with Crippen LogP contribution in [0.1, 0.15) is 6.42 Å². The molecule has 13 heteroatoms. The minimum absolute atomic E-state index is 0.0200. The second-order valence-electron chi connectivity index (χ2n) is 7.13. The van der Waals surface area contributed by atoms with Crippen LogP contribution in [0.2, 0.25) is 0 Å². The van der Waals surface area contributed by atoms with Crippen molar-refractivity contribution in [3.63, 3.8) is 0 Å². The number of rotatable bonds is 8. The Hall–Kier alpha value is -3.32. The molecule has 32 heavy (non-hydrogen) atoms. The molecule has 3 rings (SSSR count). The molecule has 0 aliphatic carbocycles. The summed E-state index contributed by atoms with van der Waals surface area (Å²) in [7, 11) is -6.25. The smallest absolute Gasteiger partial charge is 0.308 e. The second kappa shape index (κ2) is 8.67. The monoisotopic (exact) mass is 483 g/mol. The Morgan fingerprint density at radius 3 is 2.28 bits per heavy atom. The molecule has 1 aliphatic heterocycles. The van der Waals surface area contributed by atoms with Gasteiger partial charge in [-0.1, -0.05) is 0 Å². The van der Waals surface area contributed by atoms with Crippen LogP contribution in [0.3, 0.4) is 0 Å². The first kappa shape index (κ1) is 23.3. The van der Waals surface area contributed by atoms with Crippen LogP contribution < -0.4 is 19.1 Å². The van der Waals surface area contributed by atoms with E-state index < -0.39 is 31.9 Å². The predicted octanol–water partition coefficient (Wildman–Crippen LogP) is 1.30. The maximum absolute atomic E-state index is 12.7. The van der Waals surface area contributed by atoms with E-state index in [4.69, 9.17) is 9.84 Å².